The Morgan fingerprint density at radius 1 is 1.00 bits per heavy atom. The summed E-state index contributed by atoms with van der Waals surface area (Å²) in [5, 5.41) is 5.97. The smallest absolute Gasteiger partial charge is 0.0422 e. The van der Waals surface area contributed by atoms with Gasteiger partial charge in [0.1, 0.15) is 0 Å². The van der Waals surface area contributed by atoms with Crippen molar-refractivity contribution in [2.75, 3.05) is 5.32 Å². The van der Waals surface area contributed by atoms with Crippen LogP contribution in [-0.4, -0.2) is 6.04 Å². The van der Waals surface area contributed by atoms with Gasteiger partial charge in [-0.1, -0.05) is 40.2 Å². The van der Waals surface area contributed by atoms with Gasteiger partial charge in [-0.25, -0.2) is 0 Å². The Balaban J connectivity index is 2.61. The minimum absolute atomic E-state index is 0.453. The van der Waals surface area contributed by atoms with Crippen molar-refractivity contribution in [3.8, 4) is 0 Å². The fraction of sp³-hybridized carbons (Fsp3) is 0.231. The van der Waals surface area contributed by atoms with E-state index < -0.39 is 0 Å². The maximum absolute atomic E-state index is 3.57. The van der Waals surface area contributed by atoms with E-state index in [0.717, 1.165) is 4.47 Å². The Hall–Kier alpha value is -1.02. The normalized spacial score (nSPS) is 10.9. The molecule has 1 nitrogen and oxygen atoms in total. The lowest BCUT2D eigenvalue weighted by Crippen LogP contribution is -2.09. The molecule has 0 aliphatic rings. The lowest BCUT2D eigenvalue weighted by atomic mass is 10.1. The molecule has 78 valence electrons. The van der Waals surface area contributed by atoms with E-state index in [1.165, 1.54) is 16.5 Å². The summed E-state index contributed by atoms with van der Waals surface area (Å²) in [4.78, 5) is 0. The molecule has 0 bridgehead atoms. The average Bonchev–Trinajstić information content (AvgIpc) is 2.22. The second-order valence-corrected chi connectivity index (χ2v) is 4.79. The number of nitrogens with one attached hydrogen (secondary N) is 1. The van der Waals surface area contributed by atoms with E-state index >= 15 is 0 Å². The van der Waals surface area contributed by atoms with Crippen LogP contribution in [0.3, 0.4) is 0 Å². The van der Waals surface area contributed by atoms with Crippen LogP contribution in [0, 0.1) is 0 Å². The Bertz CT molecular complexity index is 477. The first-order valence-corrected chi connectivity index (χ1v) is 5.91. The molecule has 15 heavy (non-hydrogen) atoms. The maximum Gasteiger partial charge on any atom is 0.0422 e. The number of anilines is 1. The second-order valence-electron chi connectivity index (χ2n) is 3.94. The molecule has 0 saturated carbocycles. The van der Waals surface area contributed by atoms with Crippen molar-refractivity contribution < 1.29 is 0 Å². The Kier molecular flexibility index (Phi) is 2.96. The second kappa shape index (κ2) is 4.23. The quantitative estimate of drug-likeness (QED) is 0.846. The fourth-order valence-electron chi connectivity index (χ4n) is 1.70. The minimum Gasteiger partial charge on any atom is -0.382 e. The summed E-state index contributed by atoms with van der Waals surface area (Å²) in [6.45, 7) is 4.30. The summed E-state index contributed by atoms with van der Waals surface area (Å²) in [5.41, 5.74) is 1.20. The van der Waals surface area contributed by atoms with Crippen molar-refractivity contribution in [1.29, 1.82) is 0 Å². The third-order valence-corrected chi connectivity index (χ3v) is 3.01. The minimum atomic E-state index is 0.453. The van der Waals surface area contributed by atoms with Crippen molar-refractivity contribution in [3.63, 3.8) is 0 Å². The van der Waals surface area contributed by atoms with Gasteiger partial charge in [0.05, 0.1) is 0 Å². The molecular formula is C13H14BrN. The van der Waals surface area contributed by atoms with Gasteiger partial charge in [0, 0.05) is 21.6 Å². The molecule has 0 aliphatic carbocycles. The molecule has 0 radical (unpaired) electrons. The van der Waals surface area contributed by atoms with Gasteiger partial charge in [-0.2, -0.15) is 0 Å². The van der Waals surface area contributed by atoms with E-state index in [-0.39, 0.29) is 0 Å². The van der Waals surface area contributed by atoms with Crippen molar-refractivity contribution in [2.45, 2.75) is 19.9 Å². The van der Waals surface area contributed by atoms with E-state index in [2.05, 4.69) is 71.5 Å². The number of fused-ring (bicyclic) bond motifs is 1. The molecule has 0 saturated heterocycles. The highest BCUT2D eigenvalue weighted by Gasteiger charge is 2.04. The summed E-state index contributed by atoms with van der Waals surface area (Å²) in [6, 6.07) is 13.1. The van der Waals surface area contributed by atoms with Crippen molar-refractivity contribution >= 4 is 32.4 Å². The van der Waals surface area contributed by atoms with Gasteiger partial charge in [-0.15, -0.1) is 0 Å². The number of rotatable bonds is 2. The topological polar surface area (TPSA) is 12.0 Å². The molecule has 2 rings (SSSR count). The average molecular weight is 264 g/mol. The van der Waals surface area contributed by atoms with Crippen LogP contribution in [-0.2, 0) is 0 Å². The summed E-state index contributed by atoms with van der Waals surface area (Å²) in [5.74, 6) is 0. The van der Waals surface area contributed by atoms with Crippen molar-refractivity contribution in [2.24, 2.45) is 0 Å². The Morgan fingerprint density at radius 2 is 1.67 bits per heavy atom. The van der Waals surface area contributed by atoms with Crippen LogP contribution in [0.2, 0.25) is 0 Å². The molecule has 2 aromatic carbocycles. The van der Waals surface area contributed by atoms with Crippen molar-refractivity contribution in [1.82, 2.24) is 0 Å². The lowest BCUT2D eigenvalue weighted by molar-refractivity contribution is 0.902. The number of halogens is 1. The zero-order valence-electron chi connectivity index (χ0n) is 8.92. The molecule has 0 fully saturated rings. The molecule has 0 atom stereocenters. The predicted molar refractivity (Wildman–Crippen MR) is 70.4 cm³/mol. The number of hydrogen-bond acceptors (Lipinski definition) is 1. The lowest BCUT2D eigenvalue weighted by Gasteiger charge is -2.13. The summed E-state index contributed by atoms with van der Waals surface area (Å²) in [7, 11) is 0. The van der Waals surface area contributed by atoms with E-state index in [1.54, 1.807) is 0 Å². The van der Waals surface area contributed by atoms with Crippen LogP contribution in [0.15, 0.2) is 40.9 Å². The van der Waals surface area contributed by atoms with E-state index in [4.69, 9.17) is 0 Å². The number of benzene rings is 2. The van der Waals surface area contributed by atoms with E-state index in [0.29, 0.717) is 6.04 Å². The Labute approximate surface area is 98.6 Å². The van der Waals surface area contributed by atoms with Crippen LogP contribution < -0.4 is 5.32 Å². The van der Waals surface area contributed by atoms with Gasteiger partial charge < -0.3 is 5.32 Å². The van der Waals surface area contributed by atoms with Crippen LogP contribution in [0.25, 0.3) is 10.8 Å². The van der Waals surface area contributed by atoms with Gasteiger partial charge in [0.25, 0.3) is 0 Å². The van der Waals surface area contributed by atoms with Gasteiger partial charge >= 0.3 is 0 Å². The highest BCUT2D eigenvalue weighted by atomic mass is 79.9. The third kappa shape index (κ3) is 2.15. The monoisotopic (exact) mass is 263 g/mol. The molecule has 0 unspecified atom stereocenters. The van der Waals surface area contributed by atoms with E-state index in [1.807, 2.05) is 0 Å². The fourth-order valence-corrected chi connectivity index (χ4v) is 2.18. The predicted octanol–water partition coefficient (Wildman–Crippen LogP) is 4.42. The van der Waals surface area contributed by atoms with Crippen LogP contribution in [0.1, 0.15) is 13.8 Å². The standard InChI is InChI=1S/C13H14BrN/c1-9(2)15-13-8-7-12(14)10-5-3-4-6-11(10)13/h3-9,15H,1-2H3. The third-order valence-electron chi connectivity index (χ3n) is 2.32. The SMILES string of the molecule is CC(C)Nc1ccc(Br)c2ccccc12. The van der Waals surface area contributed by atoms with Crippen LogP contribution in [0.5, 0.6) is 0 Å². The molecule has 1 N–H and O–H groups in total. The van der Waals surface area contributed by atoms with Crippen LogP contribution >= 0.6 is 15.9 Å². The number of hydrogen-bond donors (Lipinski definition) is 1. The highest BCUT2D eigenvalue weighted by molar-refractivity contribution is 9.10. The molecule has 0 spiro atoms. The molecule has 0 aliphatic heterocycles. The molecular weight excluding hydrogens is 250 g/mol. The van der Waals surface area contributed by atoms with Crippen molar-refractivity contribution in [3.05, 3.63) is 40.9 Å². The summed E-state index contributed by atoms with van der Waals surface area (Å²) < 4.78 is 1.15. The summed E-state index contributed by atoms with van der Waals surface area (Å²) >= 11 is 3.57. The zero-order chi connectivity index (χ0) is 10.8. The van der Waals surface area contributed by atoms with Gasteiger partial charge in [0.2, 0.25) is 0 Å². The molecule has 0 heterocycles. The van der Waals surface area contributed by atoms with Gasteiger partial charge in [-0.05, 0) is 31.4 Å². The first-order valence-electron chi connectivity index (χ1n) is 5.12. The summed E-state index contributed by atoms with van der Waals surface area (Å²) in [6.07, 6.45) is 0. The van der Waals surface area contributed by atoms with Gasteiger partial charge in [0.15, 0.2) is 0 Å². The zero-order valence-corrected chi connectivity index (χ0v) is 10.5. The molecule has 2 aromatic rings. The Morgan fingerprint density at radius 3 is 2.33 bits per heavy atom. The molecule has 0 amide bonds. The first kappa shape index (κ1) is 10.5. The first-order chi connectivity index (χ1) is 7.18. The maximum atomic E-state index is 3.57. The van der Waals surface area contributed by atoms with Crippen LogP contribution in [0.4, 0.5) is 5.69 Å². The van der Waals surface area contributed by atoms with E-state index in [9.17, 15) is 0 Å². The molecule has 0 aromatic heterocycles. The van der Waals surface area contributed by atoms with Gasteiger partial charge in [-0.3, -0.25) is 0 Å². The largest absolute Gasteiger partial charge is 0.382 e. The highest BCUT2D eigenvalue weighted by Crippen LogP contribution is 2.30. The molecule has 2 heteroatoms.